The van der Waals surface area contributed by atoms with E-state index >= 15 is 0 Å². The molecule has 1 aliphatic rings. The Kier molecular flexibility index (Phi) is 5.10. The lowest BCUT2D eigenvalue weighted by atomic mass is 9.82. The third kappa shape index (κ3) is 3.90. The molecule has 1 saturated heterocycles. The summed E-state index contributed by atoms with van der Waals surface area (Å²) in [5, 5.41) is 2.68. The van der Waals surface area contributed by atoms with E-state index < -0.39 is 36.4 Å². The number of carbonyl (C=O) groups is 2. The normalized spacial score (nSPS) is 24.6. The molecule has 20 heavy (non-hydrogen) atoms. The van der Waals surface area contributed by atoms with Crippen molar-refractivity contribution in [3.8, 4) is 0 Å². The molecule has 0 radical (unpaired) electrons. The van der Waals surface area contributed by atoms with E-state index in [1.54, 1.807) is 20.8 Å². The van der Waals surface area contributed by atoms with Gasteiger partial charge in [-0.05, 0) is 17.8 Å². The summed E-state index contributed by atoms with van der Waals surface area (Å²) in [5.41, 5.74) is -0.586. The summed E-state index contributed by atoms with van der Waals surface area (Å²) < 4.78 is 25.5. The van der Waals surface area contributed by atoms with Crippen LogP contribution in [-0.4, -0.2) is 41.8 Å². The predicted octanol–water partition coefficient (Wildman–Crippen LogP) is 2.04. The molecule has 4 nitrogen and oxygen atoms in total. The van der Waals surface area contributed by atoms with Crippen molar-refractivity contribution in [1.82, 2.24) is 10.2 Å². The Balaban J connectivity index is 3.04. The van der Waals surface area contributed by atoms with Gasteiger partial charge in [-0.1, -0.05) is 34.6 Å². The van der Waals surface area contributed by atoms with E-state index in [4.69, 9.17) is 0 Å². The summed E-state index contributed by atoms with van der Waals surface area (Å²) in [5.74, 6) is -0.550. The number of alkyl halides is 2. The van der Waals surface area contributed by atoms with Crippen LogP contribution < -0.4 is 5.32 Å². The summed E-state index contributed by atoms with van der Waals surface area (Å²) in [7, 11) is 0. The van der Waals surface area contributed by atoms with E-state index in [1.807, 2.05) is 13.8 Å². The average molecular weight is 290 g/mol. The van der Waals surface area contributed by atoms with Crippen molar-refractivity contribution in [2.75, 3.05) is 6.54 Å². The molecule has 0 bridgehead atoms. The van der Waals surface area contributed by atoms with E-state index in [0.29, 0.717) is 6.42 Å². The molecule has 1 aliphatic heterocycles. The minimum absolute atomic E-state index is 0.198. The summed E-state index contributed by atoms with van der Waals surface area (Å²) in [6, 6.07) is -1.55. The van der Waals surface area contributed by atoms with Crippen molar-refractivity contribution in [1.29, 1.82) is 0 Å². The van der Waals surface area contributed by atoms with Gasteiger partial charge in [0, 0.05) is 0 Å². The van der Waals surface area contributed by atoms with E-state index in [9.17, 15) is 18.4 Å². The second-order valence-electron chi connectivity index (χ2n) is 6.84. The van der Waals surface area contributed by atoms with Crippen LogP contribution in [0.1, 0.15) is 41.0 Å². The molecule has 1 fully saturated rings. The number of halogens is 2. The second kappa shape index (κ2) is 6.06. The SMILES string of the molecule is CC(C)CC1NC(=O)C(C(C)(C)C)N(CC(F)F)C1=O. The van der Waals surface area contributed by atoms with Gasteiger partial charge in [-0.25, -0.2) is 8.78 Å². The highest BCUT2D eigenvalue weighted by Crippen LogP contribution is 2.29. The summed E-state index contributed by atoms with van der Waals surface area (Å²) in [4.78, 5) is 25.6. The first-order valence-corrected chi connectivity index (χ1v) is 6.93. The summed E-state index contributed by atoms with van der Waals surface area (Å²) >= 11 is 0. The standard InChI is InChI=1S/C14H24F2N2O2/c1-8(2)6-9-13(20)18(7-10(15)16)11(12(19)17-9)14(3,4)5/h8-11H,6-7H2,1-5H3,(H,17,19). The molecular formula is C14H24F2N2O2. The van der Waals surface area contributed by atoms with E-state index in [2.05, 4.69) is 5.32 Å². The molecule has 0 aromatic rings. The van der Waals surface area contributed by atoms with Crippen molar-refractivity contribution < 1.29 is 18.4 Å². The van der Waals surface area contributed by atoms with Gasteiger partial charge in [-0.3, -0.25) is 9.59 Å². The van der Waals surface area contributed by atoms with Crippen molar-refractivity contribution in [3.05, 3.63) is 0 Å². The molecule has 1 rings (SSSR count). The first-order chi connectivity index (χ1) is 9.04. The highest BCUT2D eigenvalue weighted by molar-refractivity contribution is 5.97. The summed E-state index contributed by atoms with van der Waals surface area (Å²) in [6.07, 6.45) is -2.18. The van der Waals surface area contributed by atoms with Crippen LogP contribution in [-0.2, 0) is 9.59 Å². The molecule has 0 aromatic carbocycles. The number of carbonyl (C=O) groups excluding carboxylic acids is 2. The molecule has 2 unspecified atom stereocenters. The van der Waals surface area contributed by atoms with Crippen LogP contribution >= 0.6 is 0 Å². The fraction of sp³-hybridized carbons (Fsp3) is 0.857. The van der Waals surface area contributed by atoms with Crippen molar-refractivity contribution in [2.24, 2.45) is 11.3 Å². The van der Waals surface area contributed by atoms with Crippen molar-refractivity contribution in [3.63, 3.8) is 0 Å². The van der Waals surface area contributed by atoms with Crippen LogP contribution in [0.25, 0.3) is 0 Å². The molecule has 0 aliphatic carbocycles. The Morgan fingerprint density at radius 2 is 1.80 bits per heavy atom. The minimum atomic E-state index is -2.64. The summed E-state index contributed by atoms with van der Waals surface area (Å²) in [6.45, 7) is 8.46. The van der Waals surface area contributed by atoms with Crippen LogP contribution in [0.5, 0.6) is 0 Å². The Morgan fingerprint density at radius 1 is 1.25 bits per heavy atom. The third-order valence-corrected chi connectivity index (χ3v) is 3.32. The van der Waals surface area contributed by atoms with Gasteiger partial charge in [0.15, 0.2) is 0 Å². The highest BCUT2D eigenvalue weighted by Gasteiger charge is 2.46. The maximum atomic E-state index is 12.7. The fourth-order valence-electron chi connectivity index (χ4n) is 2.62. The molecule has 0 spiro atoms. The van der Waals surface area contributed by atoms with Gasteiger partial charge in [0.1, 0.15) is 12.1 Å². The van der Waals surface area contributed by atoms with E-state index in [1.165, 1.54) is 0 Å². The number of piperazine rings is 1. The third-order valence-electron chi connectivity index (χ3n) is 3.32. The quantitative estimate of drug-likeness (QED) is 0.861. The molecule has 0 saturated carbocycles. The van der Waals surface area contributed by atoms with Gasteiger partial charge in [-0.15, -0.1) is 0 Å². The lowest BCUT2D eigenvalue weighted by molar-refractivity contribution is -0.156. The van der Waals surface area contributed by atoms with Crippen LogP contribution in [0.15, 0.2) is 0 Å². The average Bonchev–Trinajstić information content (AvgIpc) is 2.21. The van der Waals surface area contributed by atoms with Crippen LogP contribution in [0, 0.1) is 11.3 Å². The van der Waals surface area contributed by atoms with E-state index in [0.717, 1.165) is 4.90 Å². The molecular weight excluding hydrogens is 266 g/mol. The van der Waals surface area contributed by atoms with Crippen LogP contribution in [0.3, 0.4) is 0 Å². The molecule has 1 N–H and O–H groups in total. The number of rotatable bonds is 4. The zero-order chi connectivity index (χ0) is 15.7. The van der Waals surface area contributed by atoms with Gasteiger partial charge in [-0.2, -0.15) is 0 Å². The van der Waals surface area contributed by atoms with Gasteiger partial charge in [0.2, 0.25) is 11.8 Å². The van der Waals surface area contributed by atoms with Gasteiger partial charge in [0.05, 0.1) is 6.54 Å². The number of amides is 2. The fourth-order valence-corrected chi connectivity index (χ4v) is 2.62. The smallest absolute Gasteiger partial charge is 0.255 e. The molecule has 0 aromatic heterocycles. The van der Waals surface area contributed by atoms with Gasteiger partial charge in [0.25, 0.3) is 6.43 Å². The number of nitrogens with one attached hydrogen (secondary N) is 1. The molecule has 116 valence electrons. The predicted molar refractivity (Wildman–Crippen MR) is 72.3 cm³/mol. The van der Waals surface area contributed by atoms with Crippen LogP contribution in [0.2, 0.25) is 0 Å². The molecule has 2 amide bonds. The largest absolute Gasteiger partial charge is 0.342 e. The topological polar surface area (TPSA) is 49.4 Å². The molecule has 2 atom stereocenters. The zero-order valence-electron chi connectivity index (χ0n) is 12.7. The Labute approximate surface area is 118 Å². The lowest BCUT2D eigenvalue weighted by Gasteiger charge is -2.44. The Hall–Kier alpha value is -1.20. The number of hydrogen-bond acceptors (Lipinski definition) is 2. The van der Waals surface area contributed by atoms with Crippen LogP contribution in [0.4, 0.5) is 8.78 Å². The molecule has 1 heterocycles. The van der Waals surface area contributed by atoms with Gasteiger partial charge >= 0.3 is 0 Å². The Bertz CT molecular complexity index is 378. The van der Waals surface area contributed by atoms with E-state index in [-0.39, 0.29) is 11.8 Å². The monoisotopic (exact) mass is 290 g/mol. The second-order valence-corrected chi connectivity index (χ2v) is 6.84. The number of hydrogen-bond donors (Lipinski definition) is 1. The Morgan fingerprint density at radius 3 is 2.20 bits per heavy atom. The van der Waals surface area contributed by atoms with Crippen molar-refractivity contribution in [2.45, 2.75) is 59.5 Å². The highest BCUT2D eigenvalue weighted by atomic mass is 19.3. The number of nitrogens with zero attached hydrogens (tertiary/aromatic N) is 1. The molecule has 6 heteroatoms. The first-order valence-electron chi connectivity index (χ1n) is 6.93. The zero-order valence-corrected chi connectivity index (χ0v) is 12.7. The van der Waals surface area contributed by atoms with Crippen molar-refractivity contribution >= 4 is 11.8 Å². The maximum Gasteiger partial charge on any atom is 0.255 e. The lowest BCUT2D eigenvalue weighted by Crippen LogP contribution is -2.67. The first kappa shape index (κ1) is 16.9. The minimum Gasteiger partial charge on any atom is -0.342 e. The maximum absolute atomic E-state index is 12.7. The van der Waals surface area contributed by atoms with Gasteiger partial charge < -0.3 is 10.2 Å².